The summed E-state index contributed by atoms with van der Waals surface area (Å²) in [6.07, 6.45) is 1.61. The van der Waals surface area contributed by atoms with Gasteiger partial charge in [-0.15, -0.1) is 0 Å². The molecule has 1 aliphatic rings. The molecule has 1 atom stereocenters. The minimum atomic E-state index is -0.382. The Balaban J connectivity index is 1.82. The highest BCUT2D eigenvalue weighted by Crippen LogP contribution is 2.31. The van der Waals surface area contributed by atoms with E-state index in [2.05, 4.69) is 0 Å². The molecule has 1 heterocycles. The van der Waals surface area contributed by atoms with E-state index >= 15 is 0 Å². The minimum absolute atomic E-state index is 0.217. The molecule has 0 aliphatic carbocycles. The molecule has 5 heteroatoms. The van der Waals surface area contributed by atoms with Gasteiger partial charge >= 0.3 is 11.9 Å². The van der Waals surface area contributed by atoms with Crippen molar-refractivity contribution in [2.45, 2.75) is 39.3 Å². The number of nitrogens with zero attached hydrogens (tertiary/aromatic N) is 1. The average Bonchev–Trinajstić information content (AvgIpc) is 3.17. The van der Waals surface area contributed by atoms with E-state index in [1.54, 1.807) is 6.92 Å². The summed E-state index contributed by atoms with van der Waals surface area (Å²) in [4.78, 5) is 27.1. The summed E-state index contributed by atoms with van der Waals surface area (Å²) in [7, 11) is 0. The molecule has 1 aliphatic heterocycles. The van der Waals surface area contributed by atoms with Crippen molar-refractivity contribution in [1.29, 1.82) is 0 Å². The fourth-order valence-corrected chi connectivity index (χ4v) is 3.40. The standard InChI is InChI=1S/C22H25NO4/c1-3-26-22(25)20-10-7-13-23(20)19-12-11-16(2)14-18(19)21(24)27-15-17-8-5-4-6-9-17/h4-6,8-9,11-12,14,20H,3,7,10,13,15H2,1-2H3/t20-/m0/s1. The second-order valence-corrected chi connectivity index (χ2v) is 6.69. The second kappa shape index (κ2) is 8.71. The van der Waals surface area contributed by atoms with Crippen molar-refractivity contribution in [2.24, 2.45) is 0 Å². The van der Waals surface area contributed by atoms with Crippen LogP contribution in [0.4, 0.5) is 5.69 Å². The first-order valence-corrected chi connectivity index (χ1v) is 9.35. The Labute approximate surface area is 159 Å². The van der Waals surface area contributed by atoms with Gasteiger partial charge in [-0.2, -0.15) is 0 Å². The van der Waals surface area contributed by atoms with Crippen LogP contribution in [-0.2, 0) is 20.9 Å². The van der Waals surface area contributed by atoms with Gasteiger partial charge < -0.3 is 14.4 Å². The lowest BCUT2D eigenvalue weighted by atomic mass is 10.1. The van der Waals surface area contributed by atoms with E-state index in [9.17, 15) is 9.59 Å². The van der Waals surface area contributed by atoms with E-state index in [0.29, 0.717) is 18.7 Å². The van der Waals surface area contributed by atoms with Gasteiger partial charge in [-0.3, -0.25) is 0 Å². The molecule has 2 aromatic carbocycles. The molecular formula is C22H25NO4. The van der Waals surface area contributed by atoms with Gasteiger partial charge in [0.15, 0.2) is 0 Å². The van der Waals surface area contributed by atoms with Gasteiger partial charge in [-0.05, 0) is 44.4 Å². The molecule has 5 nitrogen and oxygen atoms in total. The van der Waals surface area contributed by atoms with E-state index in [4.69, 9.17) is 9.47 Å². The van der Waals surface area contributed by atoms with Crippen LogP contribution in [0.2, 0.25) is 0 Å². The maximum absolute atomic E-state index is 12.8. The summed E-state index contributed by atoms with van der Waals surface area (Å²) in [5.41, 5.74) is 3.12. The van der Waals surface area contributed by atoms with Crippen molar-refractivity contribution >= 4 is 17.6 Å². The molecule has 0 saturated carbocycles. The summed E-state index contributed by atoms with van der Waals surface area (Å²) in [5, 5.41) is 0. The predicted octanol–water partition coefficient (Wildman–Crippen LogP) is 3.88. The number of carbonyl (C=O) groups is 2. The number of esters is 2. The zero-order chi connectivity index (χ0) is 19.2. The number of anilines is 1. The van der Waals surface area contributed by atoms with Crippen molar-refractivity contribution < 1.29 is 19.1 Å². The summed E-state index contributed by atoms with van der Waals surface area (Å²) in [6, 6.07) is 14.9. The third kappa shape index (κ3) is 4.48. The van der Waals surface area contributed by atoms with Gasteiger partial charge in [0.25, 0.3) is 0 Å². The first-order valence-electron chi connectivity index (χ1n) is 9.35. The largest absolute Gasteiger partial charge is 0.464 e. The van der Waals surface area contributed by atoms with Crippen LogP contribution in [0.5, 0.6) is 0 Å². The Morgan fingerprint density at radius 3 is 2.63 bits per heavy atom. The third-order valence-electron chi connectivity index (χ3n) is 4.71. The van der Waals surface area contributed by atoms with Crippen molar-refractivity contribution in [1.82, 2.24) is 0 Å². The van der Waals surface area contributed by atoms with Crippen molar-refractivity contribution in [2.75, 3.05) is 18.1 Å². The molecule has 1 saturated heterocycles. The Bertz CT molecular complexity index is 803. The van der Waals surface area contributed by atoms with Gasteiger partial charge in [-0.25, -0.2) is 9.59 Å². The maximum atomic E-state index is 12.8. The highest BCUT2D eigenvalue weighted by atomic mass is 16.5. The zero-order valence-corrected chi connectivity index (χ0v) is 15.8. The molecule has 3 rings (SSSR count). The molecule has 0 amide bonds. The summed E-state index contributed by atoms with van der Waals surface area (Å²) >= 11 is 0. The number of aryl methyl sites for hydroxylation is 1. The topological polar surface area (TPSA) is 55.8 Å². The highest BCUT2D eigenvalue weighted by molar-refractivity contribution is 5.97. The minimum Gasteiger partial charge on any atom is -0.464 e. The molecule has 0 radical (unpaired) electrons. The summed E-state index contributed by atoms with van der Waals surface area (Å²) in [6.45, 7) is 5.02. The monoisotopic (exact) mass is 367 g/mol. The third-order valence-corrected chi connectivity index (χ3v) is 4.71. The van der Waals surface area contributed by atoms with E-state index in [-0.39, 0.29) is 24.6 Å². The van der Waals surface area contributed by atoms with Gasteiger partial charge in [0.1, 0.15) is 12.6 Å². The molecule has 1 fully saturated rings. The van der Waals surface area contributed by atoms with E-state index in [1.807, 2.05) is 60.4 Å². The predicted molar refractivity (Wildman–Crippen MR) is 104 cm³/mol. The van der Waals surface area contributed by atoms with Gasteiger partial charge in [-0.1, -0.05) is 42.0 Å². The normalized spacial score (nSPS) is 16.2. The fourth-order valence-electron chi connectivity index (χ4n) is 3.40. The molecule has 142 valence electrons. The van der Waals surface area contributed by atoms with E-state index in [1.165, 1.54) is 0 Å². The quantitative estimate of drug-likeness (QED) is 0.725. The van der Waals surface area contributed by atoms with Crippen LogP contribution in [-0.4, -0.2) is 31.1 Å². The number of ether oxygens (including phenoxy) is 2. The van der Waals surface area contributed by atoms with Crippen LogP contribution < -0.4 is 4.90 Å². The smallest absolute Gasteiger partial charge is 0.340 e. The van der Waals surface area contributed by atoms with Crippen LogP contribution in [0.25, 0.3) is 0 Å². The Morgan fingerprint density at radius 1 is 1.11 bits per heavy atom. The molecule has 0 spiro atoms. The number of rotatable bonds is 6. The lowest BCUT2D eigenvalue weighted by Crippen LogP contribution is -2.38. The van der Waals surface area contributed by atoms with Crippen LogP contribution >= 0.6 is 0 Å². The van der Waals surface area contributed by atoms with Gasteiger partial charge in [0.05, 0.1) is 17.9 Å². The van der Waals surface area contributed by atoms with E-state index in [0.717, 1.165) is 29.7 Å². The van der Waals surface area contributed by atoms with Crippen LogP contribution in [0.15, 0.2) is 48.5 Å². The van der Waals surface area contributed by atoms with Gasteiger partial charge in [0, 0.05) is 6.54 Å². The maximum Gasteiger partial charge on any atom is 0.340 e. The fraction of sp³-hybridized carbons (Fsp3) is 0.364. The molecule has 0 aromatic heterocycles. The Kier molecular flexibility index (Phi) is 6.12. The lowest BCUT2D eigenvalue weighted by molar-refractivity contribution is -0.144. The van der Waals surface area contributed by atoms with Crippen LogP contribution in [0, 0.1) is 6.92 Å². The van der Waals surface area contributed by atoms with Crippen molar-refractivity contribution in [3.05, 3.63) is 65.2 Å². The first kappa shape index (κ1) is 19.0. The van der Waals surface area contributed by atoms with E-state index < -0.39 is 0 Å². The van der Waals surface area contributed by atoms with Crippen LogP contribution in [0.3, 0.4) is 0 Å². The number of hydrogen-bond donors (Lipinski definition) is 0. The van der Waals surface area contributed by atoms with Gasteiger partial charge in [0.2, 0.25) is 0 Å². The Morgan fingerprint density at radius 2 is 1.89 bits per heavy atom. The molecule has 2 aromatic rings. The summed E-state index contributed by atoms with van der Waals surface area (Å²) < 4.78 is 10.7. The summed E-state index contributed by atoms with van der Waals surface area (Å²) in [5.74, 6) is -0.619. The van der Waals surface area contributed by atoms with Crippen molar-refractivity contribution in [3.8, 4) is 0 Å². The SMILES string of the molecule is CCOC(=O)[C@@H]1CCCN1c1ccc(C)cc1C(=O)OCc1ccccc1. The molecular weight excluding hydrogens is 342 g/mol. The molecule has 0 N–H and O–H groups in total. The molecule has 0 unspecified atom stereocenters. The zero-order valence-electron chi connectivity index (χ0n) is 15.8. The number of benzene rings is 2. The van der Waals surface area contributed by atoms with Crippen molar-refractivity contribution in [3.63, 3.8) is 0 Å². The molecule has 0 bridgehead atoms. The number of hydrogen-bond acceptors (Lipinski definition) is 5. The molecule has 27 heavy (non-hydrogen) atoms. The second-order valence-electron chi connectivity index (χ2n) is 6.69. The average molecular weight is 367 g/mol. The van der Waals surface area contributed by atoms with Crippen LogP contribution in [0.1, 0.15) is 41.3 Å². The first-order chi connectivity index (χ1) is 13.1. The highest BCUT2D eigenvalue weighted by Gasteiger charge is 2.34. The Hall–Kier alpha value is -2.82. The number of carbonyl (C=O) groups excluding carboxylic acids is 2. The lowest BCUT2D eigenvalue weighted by Gasteiger charge is -2.27.